The van der Waals surface area contributed by atoms with Crippen LogP contribution in [0.2, 0.25) is 0 Å². The van der Waals surface area contributed by atoms with Crippen LogP contribution in [-0.2, 0) is 13.0 Å². The number of methoxy groups -OCH3 is 2. The van der Waals surface area contributed by atoms with Crippen LogP contribution in [0.3, 0.4) is 0 Å². The van der Waals surface area contributed by atoms with Crippen LogP contribution in [0.4, 0.5) is 0 Å². The summed E-state index contributed by atoms with van der Waals surface area (Å²) in [4.78, 5) is 4.36. The number of hydrogen-bond donors (Lipinski definition) is 1. The second kappa shape index (κ2) is 7.08. The summed E-state index contributed by atoms with van der Waals surface area (Å²) in [6, 6.07) is 6.12. The molecule has 1 heterocycles. The summed E-state index contributed by atoms with van der Waals surface area (Å²) < 4.78 is 15.8. The van der Waals surface area contributed by atoms with E-state index in [0.29, 0.717) is 42.2 Å². The molecule has 0 saturated carbocycles. The maximum atomic E-state index is 5.28. The third kappa shape index (κ3) is 4.19. The summed E-state index contributed by atoms with van der Waals surface area (Å²) in [7, 11) is 3.23. The van der Waals surface area contributed by atoms with Gasteiger partial charge < -0.3 is 19.3 Å². The number of aromatic nitrogens is 2. The van der Waals surface area contributed by atoms with E-state index in [1.165, 1.54) is 0 Å². The van der Waals surface area contributed by atoms with E-state index in [1.54, 1.807) is 14.2 Å². The van der Waals surface area contributed by atoms with E-state index in [4.69, 9.17) is 14.0 Å². The molecule has 6 nitrogen and oxygen atoms in total. The maximum Gasteiger partial charge on any atom is 0.231 e. The SMILES string of the molecule is COc1ccc(Cc2nc(CNC(C)C)no2)cc1OC. The fourth-order valence-electron chi connectivity index (χ4n) is 1.89. The van der Waals surface area contributed by atoms with Crippen molar-refractivity contribution >= 4 is 0 Å². The molecule has 0 aliphatic rings. The van der Waals surface area contributed by atoms with Gasteiger partial charge in [-0.15, -0.1) is 0 Å². The quantitative estimate of drug-likeness (QED) is 0.843. The minimum Gasteiger partial charge on any atom is -0.493 e. The minimum absolute atomic E-state index is 0.387. The van der Waals surface area contributed by atoms with Gasteiger partial charge in [0.2, 0.25) is 5.89 Å². The van der Waals surface area contributed by atoms with Gasteiger partial charge in [-0.25, -0.2) is 0 Å². The van der Waals surface area contributed by atoms with Crippen LogP contribution < -0.4 is 14.8 Å². The number of nitrogens with one attached hydrogen (secondary N) is 1. The van der Waals surface area contributed by atoms with Crippen molar-refractivity contribution in [2.75, 3.05) is 14.2 Å². The van der Waals surface area contributed by atoms with Crippen LogP contribution in [0, 0.1) is 0 Å². The fraction of sp³-hybridized carbons (Fsp3) is 0.467. The lowest BCUT2D eigenvalue weighted by atomic mass is 10.1. The molecular weight excluding hydrogens is 270 g/mol. The zero-order chi connectivity index (χ0) is 15.2. The Labute approximate surface area is 124 Å². The van der Waals surface area contributed by atoms with Gasteiger partial charge in [-0.1, -0.05) is 25.1 Å². The van der Waals surface area contributed by atoms with Crippen molar-refractivity contribution in [3.05, 3.63) is 35.5 Å². The zero-order valence-electron chi connectivity index (χ0n) is 12.8. The van der Waals surface area contributed by atoms with E-state index in [-0.39, 0.29) is 0 Å². The highest BCUT2D eigenvalue weighted by Crippen LogP contribution is 2.28. The molecule has 0 atom stereocenters. The third-order valence-corrected chi connectivity index (χ3v) is 2.98. The van der Waals surface area contributed by atoms with E-state index >= 15 is 0 Å². The minimum atomic E-state index is 0.387. The molecule has 0 radical (unpaired) electrons. The third-order valence-electron chi connectivity index (χ3n) is 2.98. The van der Waals surface area contributed by atoms with Gasteiger partial charge in [-0.2, -0.15) is 4.98 Å². The molecule has 1 N–H and O–H groups in total. The molecule has 21 heavy (non-hydrogen) atoms. The molecule has 0 aliphatic carbocycles. The predicted octanol–water partition coefficient (Wildman–Crippen LogP) is 2.18. The van der Waals surface area contributed by atoms with E-state index in [0.717, 1.165) is 5.56 Å². The Morgan fingerprint density at radius 3 is 2.62 bits per heavy atom. The van der Waals surface area contributed by atoms with E-state index < -0.39 is 0 Å². The van der Waals surface area contributed by atoms with Crippen molar-refractivity contribution in [3.8, 4) is 11.5 Å². The van der Waals surface area contributed by atoms with Crippen LogP contribution in [0.15, 0.2) is 22.7 Å². The van der Waals surface area contributed by atoms with Crippen molar-refractivity contribution in [2.24, 2.45) is 0 Å². The van der Waals surface area contributed by atoms with Crippen molar-refractivity contribution in [2.45, 2.75) is 32.9 Å². The summed E-state index contributed by atoms with van der Waals surface area (Å²) in [5.74, 6) is 2.65. The standard InChI is InChI=1S/C15H21N3O3/c1-10(2)16-9-14-17-15(21-18-14)8-11-5-6-12(19-3)13(7-11)20-4/h5-7,10,16H,8-9H2,1-4H3. The first kappa shape index (κ1) is 15.3. The van der Waals surface area contributed by atoms with Crippen LogP contribution in [0.5, 0.6) is 11.5 Å². The summed E-state index contributed by atoms with van der Waals surface area (Å²) in [5, 5.41) is 7.21. The Balaban J connectivity index is 2.04. The molecule has 0 amide bonds. The summed E-state index contributed by atoms with van der Waals surface area (Å²) in [5.41, 5.74) is 1.03. The highest BCUT2D eigenvalue weighted by atomic mass is 16.5. The summed E-state index contributed by atoms with van der Waals surface area (Å²) in [6.45, 7) is 4.75. The molecule has 1 aromatic heterocycles. The van der Waals surface area contributed by atoms with Gasteiger partial charge >= 0.3 is 0 Å². The normalized spacial score (nSPS) is 10.9. The first-order chi connectivity index (χ1) is 10.1. The van der Waals surface area contributed by atoms with Crippen molar-refractivity contribution in [1.29, 1.82) is 0 Å². The molecular formula is C15H21N3O3. The molecule has 2 rings (SSSR count). The van der Waals surface area contributed by atoms with Crippen LogP contribution in [-0.4, -0.2) is 30.4 Å². The molecule has 2 aromatic rings. The highest BCUT2D eigenvalue weighted by Gasteiger charge is 2.10. The average molecular weight is 291 g/mol. The second-order valence-corrected chi connectivity index (χ2v) is 5.01. The van der Waals surface area contributed by atoms with E-state index in [1.807, 2.05) is 18.2 Å². The van der Waals surface area contributed by atoms with Gasteiger partial charge in [0.15, 0.2) is 17.3 Å². The van der Waals surface area contributed by atoms with Crippen LogP contribution >= 0.6 is 0 Å². The van der Waals surface area contributed by atoms with Crippen molar-refractivity contribution < 1.29 is 14.0 Å². The Morgan fingerprint density at radius 2 is 1.95 bits per heavy atom. The number of ether oxygens (including phenoxy) is 2. The van der Waals surface area contributed by atoms with E-state index in [9.17, 15) is 0 Å². The molecule has 6 heteroatoms. The summed E-state index contributed by atoms with van der Waals surface area (Å²) >= 11 is 0. The molecule has 0 unspecified atom stereocenters. The Kier molecular flexibility index (Phi) is 5.16. The average Bonchev–Trinajstić information content (AvgIpc) is 2.92. The highest BCUT2D eigenvalue weighted by molar-refractivity contribution is 5.43. The largest absolute Gasteiger partial charge is 0.493 e. The van der Waals surface area contributed by atoms with Gasteiger partial charge in [0.1, 0.15) is 0 Å². The molecule has 0 spiro atoms. The second-order valence-electron chi connectivity index (χ2n) is 5.01. The van der Waals surface area contributed by atoms with Crippen LogP contribution in [0.25, 0.3) is 0 Å². The maximum absolute atomic E-state index is 5.28. The number of rotatable bonds is 7. The summed E-state index contributed by atoms with van der Waals surface area (Å²) in [6.07, 6.45) is 0.565. The van der Waals surface area contributed by atoms with Crippen LogP contribution in [0.1, 0.15) is 31.1 Å². The monoisotopic (exact) mass is 291 g/mol. The Bertz CT molecular complexity index is 581. The number of hydrogen-bond acceptors (Lipinski definition) is 6. The van der Waals surface area contributed by atoms with Gasteiger partial charge in [0, 0.05) is 6.04 Å². The van der Waals surface area contributed by atoms with Gasteiger partial charge in [0.05, 0.1) is 27.2 Å². The molecule has 0 aliphatic heterocycles. The fourth-order valence-corrected chi connectivity index (χ4v) is 1.89. The molecule has 0 saturated heterocycles. The Hall–Kier alpha value is -2.08. The Morgan fingerprint density at radius 1 is 1.19 bits per heavy atom. The lowest BCUT2D eigenvalue weighted by Gasteiger charge is -2.08. The number of benzene rings is 1. The predicted molar refractivity (Wildman–Crippen MR) is 78.6 cm³/mol. The molecule has 0 bridgehead atoms. The zero-order valence-corrected chi connectivity index (χ0v) is 12.8. The number of nitrogens with zero attached hydrogens (tertiary/aromatic N) is 2. The van der Waals surface area contributed by atoms with E-state index in [2.05, 4.69) is 29.3 Å². The topological polar surface area (TPSA) is 69.4 Å². The molecule has 0 fully saturated rings. The van der Waals surface area contributed by atoms with Crippen molar-refractivity contribution in [3.63, 3.8) is 0 Å². The van der Waals surface area contributed by atoms with Gasteiger partial charge in [-0.3, -0.25) is 0 Å². The lowest BCUT2D eigenvalue weighted by Crippen LogP contribution is -2.22. The lowest BCUT2D eigenvalue weighted by molar-refractivity contribution is 0.354. The molecule has 114 valence electrons. The first-order valence-corrected chi connectivity index (χ1v) is 6.88. The van der Waals surface area contributed by atoms with Crippen molar-refractivity contribution in [1.82, 2.24) is 15.5 Å². The molecule has 1 aromatic carbocycles. The van der Waals surface area contributed by atoms with Gasteiger partial charge in [-0.05, 0) is 17.7 Å². The van der Waals surface area contributed by atoms with Gasteiger partial charge in [0.25, 0.3) is 0 Å². The first-order valence-electron chi connectivity index (χ1n) is 6.88. The smallest absolute Gasteiger partial charge is 0.231 e.